The minimum atomic E-state index is -2.06. The summed E-state index contributed by atoms with van der Waals surface area (Å²) in [6, 6.07) is 30.3. The number of esters is 1. The van der Waals surface area contributed by atoms with Crippen LogP contribution >= 0.6 is 0 Å². The first kappa shape index (κ1) is 18.9. The first-order valence-corrected chi connectivity index (χ1v) is 12.1. The van der Waals surface area contributed by atoms with Crippen molar-refractivity contribution in [3.05, 3.63) is 108 Å². The van der Waals surface area contributed by atoms with Crippen LogP contribution in [0.1, 0.15) is 11.1 Å². The lowest BCUT2D eigenvalue weighted by atomic mass is 10.2. The molecule has 0 saturated heterocycles. The van der Waals surface area contributed by atoms with Crippen LogP contribution < -0.4 is 5.19 Å². The average molecular weight is 373 g/mol. The molecule has 0 radical (unpaired) electrons. The predicted molar refractivity (Wildman–Crippen MR) is 114 cm³/mol. The molecular formula is C24H24O2Si. The molecule has 0 saturated carbocycles. The Balaban J connectivity index is 1.90. The number of hydrogen-bond acceptors (Lipinski definition) is 2. The summed E-state index contributed by atoms with van der Waals surface area (Å²) in [4.78, 5) is 12.6. The minimum Gasteiger partial charge on any atom is -0.458 e. The molecule has 3 rings (SSSR count). The fourth-order valence-corrected chi connectivity index (χ4v) is 5.84. The highest BCUT2D eigenvalue weighted by molar-refractivity contribution is 7.04. The lowest BCUT2D eigenvalue weighted by Crippen LogP contribution is -2.43. The summed E-state index contributed by atoms with van der Waals surface area (Å²) in [6.45, 7) is 4.82. The SMILES string of the molecule is C[Si](C)(/C(=C/C(=O)OCc1ccccc1)c1ccccc1)c1ccccc1. The summed E-state index contributed by atoms with van der Waals surface area (Å²) in [5.41, 5.74) is 2.06. The van der Waals surface area contributed by atoms with Crippen LogP contribution in [0.4, 0.5) is 0 Å². The molecule has 0 aliphatic heterocycles. The van der Waals surface area contributed by atoms with Gasteiger partial charge in [-0.1, -0.05) is 109 Å². The zero-order valence-electron chi connectivity index (χ0n) is 15.8. The second-order valence-electron chi connectivity index (χ2n) is 7.01. The fourth-order valence-electron chi connectivity index (χ4n) is 3.14. The number of ether oxygens (including phenoxy) is 1. The van der Waals surface area contributed by atoms with E-state index in [0.717, 1.165) is 16.3 Å². The quantitative estimate of drug-likeness (QED) is 0.347. The highest BCUT2D eigenvalue weighted by Gasteiger charge is 2.30. The van der Waals surface area contributed by atoms with Crippen LogP contribution in [-0.2, 0) is 16.1 Å². The van der Waals surface area contributed by atoms with E-state index in [1.54, 1.807) is 6.08 Å². The van der Waals surface area contributed by atoms with Crippen LogP contribution in [0.15, 0.2) is 97.1 Å². The molecule has 0 heterocycles. The largest absolute Gasteiger partial charge is 0.458 e. The molecule has 0 fully saturated rings. The fraction of sp³-hybridized carbons (Fsp3) is 0.125. The van der Waals surface area contributed by atoms with Crippen molar-refractivity contribution >= 4 is 24.4 Å². The Morgan fingerprint density at radius 2 is 1.33 bits per heavy atom. The number of hydrogen-bond donors (Lipinski definition) is 0. The van der Waals surface area contributed by atoms with Gasteiger partial charge in [0.15, 0.2) is 0 Å². The molecule has 3 aromatic carbocycles. The summed E-state index contributed by atoms with van der Waals surface area (Å²) >= 11 is 0. The second kappa shape index (κ2) is 8.65. The molecule has 3 aromatic rings. The molecule has 0 bridgehead atoms. The molecule has 27 heavy (non-hydrogen) atoms. The summed E-state index contributed by atoms with van der Waals surface area (Å²) in [7, 11) is -2.06. The monoisotopic (exact) mass is 372 g/mol. The highest BCUT2D eigenvalue weighted by Crippen LogP contribution is 2.26. The van der Waals surface area contributed by atoms with Crippen molar-refractivity contribution in [3.63, 3.8) is 0 Å². The van der Waals surface area contributed by atoms with Gasteiger partial charge in [0.1, 0.15) is 14.7 Å². The first-order chi connectivity index (χ1) is 13.1. The van der Waals surface area contributed by atoms with Crippen LogP contribution in [0, 0.1) is 0 Å². The van der Waals surface area contributed by atoms with E-state index >= 15 is 0 Å². The van der Waals surface area contributed by atoms with E-state index in [1.807, 2.05) is 54.6 Å². The van der Waals surface area contributed by atoms with Gasteiger partial charge in [0.2, 0.25) is 0 Å². The standard InChI is InChI=1S/C24H24O2Si/c1-27(2,22-16-10-5-11-17-22)23(21-14-8-4-9-15-21)18-24(25)26-19-20-12-6-3-7-13-20/h3-18H,19H2,1-2H3/b23-18+. The van der Waals surface area contributed by atoms with Crippen molar-refractivity contribution in [2.75, 3.05) is 0 Å². The van der Waals surface area contributed by atoms with Crippen LogP contribution in [-0.4, -0.2) is 14.0 Å². The van der Waals surface area contributed by atoms with E-state index in [-0.39, 0.29) is 12.6 Å². The van der Waals surface area contributed by atoms with E-state index in [9.17, 15) is 4.79 Å². The van der Waals surface area contributed by atoms with Gasteiger partial charge >= 0.3 is 5.97 Å². The van der Waals surface area contributed by atoms with E-state index in [1.165, 1.54) is 5.19 Å². The van der Waals surface area contributed by atoms with Gasteiger partial charge in [0, 0.05) is 6.08 Å². The number of rotatable bonds is 6. The van der Waals surface area contributed by atoms with Gasteiger partial charge in [-0.25, -0.2) is 4.79 Å². The van der Waals surface area contributed by atoms with E-state index in [2.05, 4.69) is 49.5 Å². The molecule has 0 aromatic heterocycles. The first-order valence-electron chi connectivity index (χ1n) is 9.11. The van der Waals surface area contributed by atoms with Crippen LogP contribution in [0.3, 0.4) is 0 Å². The lowest BCUT2D eigenvalue weighted by Gasteiger charge is -2.27. The van der Waals surface area contributed by atoms with Crippen molar-refractivity contribution in [1.29, 1.82) is 0 Å². The Morgan fingerprint density at radius 1 is 0.815 bits per heavy atom. The topological polar surface area (TPSA) is 26.3 Å². The van der Waals surface area contributed by atoms with Crippen molar-refractivity contribution < 1.29 is 9.53 Å². The molecule has 0 amide bonds. The van der Waals surface area contributed by atoms with Gasteiger partial charge in [-0.15, -0.1) is 0 Å². The van der Waals surface area contributed by atoms with Gasteiger partial charge in [-0.05, 0) is 16.3 Å². The molecule has 136 valence electrons. The molecule has 0 spiro atoms. The van der Waals surface area contributed by atoms with Crippen molar-refractivity contribution in [3.8, 4) is 0 Å². The van der Waals surface area contributed by atoms with Crippen LogP contribution in [0.25, 0.3) is 5.20 Å². The van der Waals surface area contributed by atoms with Gasteiger partial charge in [0.25, 0.3) is 0 Å². The van der Waals surface area contributed by atoms with Gasteiger partial charge in [-0.3, -0.25) is 0 Å². The number of carbonyl (C=O) groups excluding carboxylic acids is 1. The zero-order chi connectivity index (χ0) is 19.1. The molecule has 2 nitrogen and oxygen atoms in total. The van der Waals surface area contributed by atoms with E-state index < -0.39 is 8.07 Å². The highest BCUT2D eigenvalue weighted by atomic mass is 28.3. The predicted octanol–water partition coefficient (Wildman–Crippen LogP) is 4.97. The van der Waals surface area contributed by atoms with Crippen LogP contribution in [0.5, 0.6) is 0 Å². The summed E-state index contributed by atoms with van der Waals surface area (Å²) in [5.74, 6) is -0.297. The maximum Gasteiger partial charge on any atom is 0.330 e. The van der Waals surface area contributed by atoms with Crippen LogP contribution in [0.2, 0.25) is 13.1 Å². The summed E-state index contributed by atoms with van der Waals surface area (Å²) < 4.78 is 5.52. The average Bonchev–Trinajstić information content (AvgIpc) is 2.72. The molecular weight excluding hydrogens is 348 g/mol. The van der Waals surface area contributed by atoms with Crippen molar-refractivity contribution in [1.82, 2.24) is 0 Å². The zero-order valence-corrected chi connectivity index (χ0v) is 16.8. The van der Waals surface area contributed by atoms with Gasteiger partial charge in [-0.2, -0.15) is 0 Å². The Morgan fingerprint density at radius 3 is 1.93 bits per heavy atom. The van der Waals surface area contributed by atoms with Crippen molar-refractivity contribution in [2.45, 2.75) is 19.7 Å². The lowest BCUT2D eigenvalue weighted by molar-refractivity contribution is -0.138. The second-order valence-corrected chi connectivity index (χ2v) is 11.4. The molecule has 0 aliphatic rings. The Labute approximate surface area is 162 Å². The smallest absolute Gasteiger partial charge is 0.330 e. The van der Waals surface area contributed by atoms with Gasteiger partial charge < -0.3 is 4.74 Å². The third-order valence-corrected chi connectivity index (χ3v) is 8.30. The molecule has 0 aliphatic carbocycles. The molecule has 3 heteroatoms. The Hall–Kier alpha value is -2.91. The van der Waals surface area contributed by atoms with Gasteiger partial charge in [0.05, 0.1) is 0 Å². The van der Waals surface area contributed by atoms with E-state index in [0.29, 0.717) is 0 Å². The summed E-state index contributed by atoms with van der Waals surface area (Å²) in [6.07, 6.45) is 1.69. The summed E-state index contributed by atoms with van der Waals surface area (Å²) in [5, 5.41) is 2.36. The molecule has 0 atom stereocenters. The number of carbonyl (C=O) groups is 1. The van der Waals surface area contributed by atoms with Crippen molar-refractivity contribution in [2.24, 2.45) is 0 Å². The maximum atomic E-state index is 12.6. The molecule has 0 N–H and O–H groups in total. The Kier molecular flexibility index (Phi) is 6.04. The minimum absolute atomic E-state index is 0.283. The normalized spacial score (nSPS) is 11.9. The van der Waals surface area contributed by atoms with E-state index in [4.69, 9.17) is 4.74 Å². The third kappa shape index (κ3) is 4.83. The maximum absolute atomic E-state index is 12.6. The third-order valence-electron chi connectivity index (χ3n) is 4.74. The number of benzene rings is 3. The molecule has 0 unspecified atom stereocenters. The Bertz CT molecular complexity index is 901.